The number of hydrogen-bond donors (Lipinski definition) is 4. The van der Waals surface area contributed by atoms with Crippen molar-refractivity contribution in [2.45, 2.75) is 70.9 Å². The molecule has 0 radical (unpaired) electrons. The molecule has 2 aliphatic rings. The van der Waals surface area contributed by atoms with Crippen LogP contribution in [0.1, 0.15) is 107 Å². The number of imide groups is 2. The van der Waals surface area contributed by atoms with Gasteiger partial charge in [-0.25, -0.2) is 0 Å². The predicted octanol–water partition coefficient (Wildman–Crippen LogP) is 4.83. The summed E-state index contributed by atoms with van der Waals surface area (Å²) in [7, 11) is 1.34. The van der Waals surface area contributed by atoms with Crippen LogP contribution in [-0.4, -0.2) is 81.5 Å². The smallest absolute Gasteiger partial charge is 0.264 e. The molecule has 0 bridgehead atoms. The molecule has 2 aliphatic heterocycles. The third-order valence-corrected chi connectivity index (χ3v) is 9.88. The Morgan fingerprint density at radius 3 is 2.48 bits per heavy atom. The molecule has 1 aromatic heterocycles. The molecule has 3 aromatic carbocycles. The number of aromatic hydroxyl groups is 1. The van der Waals surface area contributed by atoms with Crippen LogP contribution in [0.4, 0.5) is 5.69 Å². The Morgan fingerprint density at radius 2 is 1.74 bits per heavy atom. The van der Waals surface area contributed by atoms with E-state index in [4.69, 9.17) is 0 Å². The zero-order valence-corrected chi connectivity index (χ0v) is 31.0. The van der Waals surface area contributed by atoms with Gasteiger partial charge in [-0.2, -0.15) is 0 Å². The standard InChI is InChI=1S/C41H44N6O7/c1-6-10-31(48)45-34(27-22-28(41(2,3)4)25-14-9-18-43-35(25)36(27)50)23-11-7-12-24(21-23)37(51)44-20-19-42-29-15-8-13-26-33(29)40(54)47(38(26)52)30-16-17-32(49)46(5)39(30)53/h7-9,11-15,18,21-22,30,34,42,50H,6,10,16-17,19-20H2,1-5H3,(H,44,51)(H,45,48). The van der Waals surface area contributed by atoms with E-state index in [-0.39, 0.29) is 72.4 Å². The van der Waals surface area contributed by atoms with Crippen molar-refractivity contribution in [1.82, 2.24) is 25.4 Å². The van der Waals surface area contributed by atoms with Gasteiger partial charge in [0, 0.05) is 61.4 Å². The van der Waals surface area contributed by atoms with Crippen LogP contribution in [0.15, 0.2) is 66.9 Å². The highest BCUT2D eigenvalue weighted by Gasteiger charge is 2.47. The monoisotopic (exact) mass is 732 g/mol. The number of aromatic nitrogens is 1. The number of carbonyl (C=O) groups excluding carboxylic acids is 6. The van der Waals surface area contributed by atoms with Crippen molar-refractivity contribution in [3.05, 3.63) is 100 Å². The molecule has 6 amide bonds. The van der Waals surface area contributed by atoms with Gasteiger partial charge in [0.05, 0.1) is 17.2 Å². The summed E-state index contributed by atoms with van der Waals surface area (Å²) in [6, 6.07) is 15.4. The summed E-state index contributed by atoms with van der Waals surface area (Å²) in [6.45, 7) is 8.46. The first-order valence-electron chi connectivity index (χ1n) is 18.1. The quantitative estimate of drug-likeness (QED) is 0.124. The number of piperidine rings is 1. The molecule has 2 atom stereocenters. The number of likely N-dealkylation sites (tertiary alicyclic amines) is 1. The number of nitrogens with zero attached hydrogens (tertiary/aromatic N) is 3. The summed E-state index contributed by atoms with van der Waals surface area (Å²) in [4.78, 5) is 84.5. The summed E-state index contributed by atoms with van der Waals surface area (Å²) >= 11 is 0. The normalized spacial score (nSPS) is 16.4. The molecular weight excluding hydrogens is 688 g/mol. The number of carbonyl (C=O) groups is 6. The van der Waals surface area contributed by atoms with E-state index in [0.717, 1.165) is 20.7 Å². The number of hydrogen-bond acceptors (Lipinski definition) is 9. The van der Waals surface area contributed by atoms with Crippen molar-refractivity contribution in [3.63, 3.8) is 0 Å². The van der Waals surface area contributed by atoms with Gasteiger partial charge in [-0.15, -0.1) is 0 Å². The Balaban J connectivity index is 1.19. The maximum Gasteiger partial charge on any atom is 0.264 e. The predicted molar refractivity (Wildman–Crippen MR) is 202 cm³/mol. The van der Waals surface area contributed by atoms with Crippen LogP contribution in [-0.2, 0) is 19.8 Å². The summed E-state index contributed by atoms with van der Waals surface area (Å²) in [5.41, 5.74) is 3.11. The molecule has 4 N–H and O–H groups in total. The van der Waals surface area contributed by atoms with E-state index in [1.165, 1.54) is 13.1 Å². The number of likely N-dealkylation sites (N-methyl/N-ethyl adjacent to an activating group) is 1. The molecule has 54 heavy (non-hydrogen) atoms. The van der Waals surface area contributed by atoms with Gasteiger partial charge in [-0.05, 0) is 65.8 Å². The van der Waals surface area contributed by atoms with Gasteiger partial charge in [0.1, 0.15) is 17.3 Å². The van der Waals surface area contributed by atoms with E-state index in [2.05, 4.69) is 41.7 Å². The molecule has 2 unspecified atom stereocenters. The molecule has 1 saturated heterocycles. The van der Waals surface area contributed by atoms with Gasteiger partial charge in [-0.1, -0.05) is 52.0 Å². The van der Waals surface area contributed by atoms with Gasteiger partial charge in [-0.3, -0.25) is 43.6 Å². The maximum atomic E-state index is 13.5. The lowest BCUT2D eigenvalue weighted by atomic mass is 9.81. The molecule has 3 heterocycles. The minimum absolute atomic E-state index is 0.0453. The summed E-state index contributed by atoms with van der Waals surface area (Å²) in [6.07, 6.45) is 2.63. The van der Waals surface area contributed by atoms with Gasteiger partial charge in [0.15, 0.2) is 0 Å². The van der Waals surface area contributed by atoms with Crippen molar-refractivity contribution in [2.24, 2.45) is 0 Å². The first kappa shape index (κ1) is 37.6. The number of phenols is 1. The van der Waals surface area contributed by atoms with Crippen molar-refractivity contribution >= 4 is 52.0 Å². The molecule has 0 saturated carbocycles. The fourth-order valence-electron chi connectivity index (χ4n) is 7.10. The van der Waals surface area contributed by atoms with E-state index in [0.29, 0.717) is 34.3 Å². The molecule has 0 aliphatic carbocycles. The first-order chi connectivity index (χ1) is 25.7. The molecule has 280 valence electrons. The van der Waals surface area contributed by atoms with Gasteiger partial charge >= 0.3 is 0 Å². The van der Waals surface area contributed by atoms with Crippen molar-refractivity contribution in [2.75, 3.05) is 25.5 Å². The number of pyridine rings is 1. The average Bonchev–Trinajstić information content (AvgIpc) is 3.40. The lowest BCUT2D eigenvalue weighted by Gasteiger charge is -2.32. The van der Waals surface area contributed by atoms with Crippen LogP contribution in [0.2, 0.25) is 0 Å². The number of anilines is 1. The Hall–Kier alpha value is -6.11. The molecule has 0 spiro atoms. The molecule has 13 heteroatoms. The number of nitrogens with one attached hydrogen (secondary N) is 3. The van der Waals surface area contributed by atoms with Crippen LogP contribution in [0, 0.1) is 0 Å². The first-order valence-corrected chi connectivity index (χ1v) is 18.1. The lowest BCUT2D eigenvalue weighted by molar-refractivity contribution is -0.149. The number of amides is 6. The van der Waals surface area contributed by atoms with Crippen molar-refractivity contribution in [1.29, 1.82) is 0 Å². The zero-order valence-electron chi connectivity index (χ0n) is 31.0. The van der Waals surface area contributed by atoms with Crippen LogP contribution >= 0.6 is 0 Å². The largest absolute Gasteiger partial charge is 0.505 e. The van der Waals surface area contributed by atoms with E-state index in [1.54, 1.807) is 42.6 Å². The van der Waals surface area contributed by atoms with E-state index >= 15 is 0 Å². The Kier molecular flexibility index (Phi) is 10.5. The minimum Gasteiger partial charge on any atom is -0.505 e. The number of phenolic OH excluding ortho intramolecular Hbond substituents is 1. The van der Waals surface area contributed by atoms with Gasteiger partial charge in [0.25, 0.3) is 23.6 Å². The second-order valence-electron chi connectivity index (χ2n) is 14.6. The highest BCUT2D eigenvalue weighted by atomic mass is 16.3. The molecule has 1 fully saturated rings. The summed E-state index contributed by atoms with van der Waals surface area (Å²) < 4.78 is 0. The highest BCUT2D eigenvalue weighted by molar-refractivity contribution is 6.25. The Bertz CT molecular complexity index is 2190. The number of benzene rings is 3. The number of rotatable bonds is 11. The molecule has 6 rings (SSSR count). The van der Waals surface area contributed by atoms with Crippen LogP contribution < -0.4 is 16.0 Å². The maximum absolute atomic E-state index is 13.5. The van der Waals surface area contributed by atoms with Crippen LogP contribution in [0.25, 0.3) is 10.9 Å². The third kappa shape index (κ3) is 7.13. The van der Waals surface area contributed by atoms with Gasteiger partial charge < -0.3 is 21.1 Å². The van der Waals surface area contributed by atoms with E-state index in [9.17, 15) is 33.9 Å². The van der Waals surface area contributed by atoms with Crippen molar-refractivity contribution in [3.8, 4) is 5.75 Å². The lowest BCUT2D eigenvalue weighted by Crippen LogP contribution is -2.54. The molecule has 13 nitrogen and oxygen atoms in total. The van der Waals surface area contributed by atoms with Crippen LogP contribution in [0.3, 0.4) is 0 Å². The van der Waals surface area contributed by atoms with Crippen molar-refractivity contribution < 1.29 is 33.9 Å². The summed E-state index contributed by atoms with van der Waals surface area (Å²) in [5.74, 6) is -2.82. The summed E-state index contributed by atoms with van der Waals surface area (Å²) in [5, 5.41) is 21.4. The fourth-order valence-corrected chi connectivity index (χ4v) is 7.10. The third-order valence-electron chi connectivity index (χ3n) is 9.88. The van der Waals surface area contributed by atoms with Crippen LogP contribution in [0.5, 0.6) is 5.75 Å². The van der Waals surface area contributed by atoms with Gasteiger partial charge in [0.2, 0.25) is 11.8 Å². The number of fused-ring (bicyclic) bond motifs is 2. The topological polar surface area (TPSA) is 178 Å². The molecule has 4 aromatic rings. The second-order valence-corrected chi connectivity index (χ2v) is 14.6. The van der Waals surface area contributed by atoms with E-state index < -0.39 is 29.8 Å². The SMILES string of the molecule is CCCC(=O)NC(c1cccc(C(=O)NCCNc2cccc3c2C(=O)N(C2CCC(=O)N(C)C2=O)C3=O)c1)c1cc(C(C)(C)C)c2cccnc2c1O. The second kappa shape index (κ2) is 15.1. The Labute approximate surface area is 313 Å². The highest BCUT2D eigenvalue weighted by Crippen LogP contribution is 2.41. The Morgan fingerprint density at radius 1 is 0.981 bits per heavy atom. The zero-order chi connectivity index (χ0) is 38.9. The fraction of sp³-hybridized carbons (Fsp3) is 0.341. The van der Waals surface area contributed by atoms with E-state index in [1.807, 2.05) is 25.1 Å². The molecular formula is C41H44N6O7. The minimum atomic E-state index is -1.06. The average molecular weight is 733 g/mol.